The molecule has 2 aromatic heterocycles. The maximum Gasteiger partial charge on any atom is 0.115 e. The summed E-state index contributed by atoms with van der Waals surface area (Å²) in [5.41, 5.74) is 6.36. The zero-order chi connectivity index (χ0) is 18.4. The minimum Gasteiger partial charge on any atom is -0.301 e. The first kappa shape index (κ1) is 16.9. The predicted molar refractivity (Wildman–Crippen MR) is 112 cm³/mol. The number of nitrogens with zero attached hydrogens (tertiary/aromatic N) is 3. The molecular formula is C22H18ClN3S. The number of likely N-dealkylation sites (N-methyl/N-ethyl adjacent to an activating group) is 1. The number of hydrogen-bond acceptors (Lipinski definition) is 4. The van der Waals surface area contributed by atoms with Gasteiger partial charge in [-0.2, -0.15) is 0 Å². The number of benzene rings is 2. The smallest absolute Gasteiger partial charge is 0.115 e. The van der Waals surface area contributed by atoms with E-state index >= 15 is 0 Å². The van der Waals surface area contributed by atoms with Crippen molar-refractivity contribution in [3.63, 3.8) is 0 Å². The summed E-state index contributed by atoms with van der Waals surface area (Å²) in [6.45, 7) is 1.98. The van der Waals surface area contributed by atoms with Crippen LogP contribution >= 0.6 is 22.9 Å². The highest BCUT2D eigenvalue weighted by Gasteiger charge is 2.25. The van der Waals surface area contributed by atoms with Gasteiger partial charge in [-0.1, -0.05) is 35.9 Å². The molecule has 0 bridgehead atoms. The molecule has 1 atom stereocenters. The molecule has 0 radical (unpaired) electrons. The van der Waals surface area contributed by atoms with E-state index in [4.69, 9.17) is 11.6 Å². The van der Waals surface area contributed by atoms with Crippen LogP contribution in [0, 0.1) is 0 Å². The van der Waals surface area contributed by atoms with Crippen LogP contribution in [0.4, 0.5) is 0 Å². The van der Waals surface area contributed by atoms with Crippen LogP contribution in [0.3, 0.4) is 0 Å². The minimum absolute atomic E-state index is 0.366. The summed E-state index contributed by atoms with van der Waals surface area (Å²) < 4.78 is 2.10. The van der Waals surface area contributed by atoms with E-state index in [0.717, 1.165) is 23.0 Å². The summed E-state index contributed by atoms with van der Waals surface area (Å²) in [5.74, 6) is 0.366. The lowest BCUT2D eigenvalue weighted by Crippen LogP contribution is -2.31. The molecule has 27 heavy (non-hydrogen) atoms. The quantitative estimate of drug-likeness (QED) is 0.446. The van der Waals surface area contributed by atoms with Crippen molar-refractivity contribution in [3.8, 4) is 11.1 Å². The Morgan fingerprint density at radius 2 is 1.89 bits per heavy atom. The van der Waals surface area contributed by atoms with Gasteiger partial charge in [-0.15, -0.1) is 11.3 Å². The first-order valence-corrected chi connectivity index (χ1v) is 10.1. The van der Waals surface area contributed by atoms with Gasteiger partial charge in [-0.3, -0.25) is 0 Å². The van der Waals surface area contributed by atoms with Crippen LogP contribution < -0.4 is 0 Å². The topological polar surface area (TPSA) is 29.0 Å². The lowest BCUT2D eigenvalue weighted by atomic mass is 9.83. The van der Waals surface area contributed by atoms with E-state index in [2.05, 4.69) is 58.3 Å². The number of rotatable bonds is 2. The molecule has 2 aromatic carbocycles. The first-order chi connectivity index (χ1) is 13.2. The van der Waals surface area contributed by atoms with E-state index in [9.17, 15) is 0 Å². The Labute approximate surface area is 167 Å². The Balaban J connectivity index is 1.59. The number of fused-ring (bicyclic) bond motifs is 2. The van der Waals surface area contributed by atoms with E-state index in [1.807, 2.05) is 18.5 Å². The van der Waals surface area contributed by atoms with Crippen molar-refractivity contribution >= 4 is 33.0 Å². The van der Waals surface area contributed by atoms with Crippen LogP contribution in [0.1, 0.15) is 22.6 Å². The summed E-state index contributed by atoms with van der Waals surface area (Å²) in [6.07, 6.45) is 5.30. The van der Waals surface area contributed by atoms with Crippen molar-refractivity contribution in [2.75, 3.05) is 13.6 Å². The number of halogens is 1. The minimum atomic E-state index is 0.366. The van der Waals surface area contributed by atoms with E-state index in [-0.39, 0.29) is 0 Å². The molecule has 1 unspecified atom stereocenters. The average molecular weight is 392 g/mol. The van der Waals surface area contributed by atoms with Crippen molar-refractivity contribution in [2.45, 2.75) is 12.5 Å². The van der Waals surface area contributed by atoms with Gasteiger partial charge in [-0.25, -0.2) is 9.97 Å². The lowest BCUT2D eigenvalue weighted by Gasteiger charge is -2.33. The van der Waals surface area contributed by atoms with Crippen molar-refractivity contribution in [2.24, 2.45) is 0 Å². The maximum absolute atomic E-state index is 6.20. The standard InChI is InChI=1S/C22H18ClN3S/c1-26-11-17-6-14(18-9-24-13-25-10-18)4-5-19(17)20(12-26)15-2-3-16-8-22(23)27-21(16)7-15/h2-10,13,20H,11-12H2,1H3. The molecule has 134 valence electrons. The first-order valence-electron chi connectivity index (χ1n) is 8.93. The largest absolute Gasteiger partial charge is 0.301 e. The van der Waals surface area contributed by atoms with Gasteiger partial charge in [0.2, 0.25) is 0 Å². The molecule has 4 aromatic rings. The average Bonchev–Trinajstić information content (AvgIpc) is 3.06. The van der Waals surface area contributed by atoms with Gasteiger partial charge in [0.25, 0.3) is 0 Å². The second-order valence-corrected chi connectivity index (χ2v) is 8.85. The fourth-order valence-electron chi connectivity index (χ4n) is 3.99. The second kappa shape index (κ2) is 6.71. The van der Waals surface area contributed by atoms with Crippen LogP contribution in [0.25, 0.3) is 21.2 Å². The lowest BCUT2D eigenvalue weighted by molar-refractivity contribution is 0.295. The maximum atomic E-state index is 6.20. The number of hydrogen-bond donors (Lipinski definition) is 0. The Kier molecular flexibility index (Phi) is 4.20. The summed E-state index contributed by atoms with van der Waals surface area (Å²) in [6, 6.07) is 15.5. The normalized spacial score (nSPS) is 17.2. The molecule has 1 aliphatic rings. The van der Waals surface area contributed by atoms with Crippen molar-refractivity contribution in [1.82, 2.24) is 14.9 Å². The summed E-state index contributed by atoms with van der Waals surface area (Å²) >= 11 is 7.85. The molecule has 3 nitrogen and oxygen atoms in total. The fraction of sp³-hybridized carbons (Fsp3) is 0.182. The van der Waals surface area contributed by atoms with Gasteiger partial charge in [0, 0.05) is 41.7 Å². The molecule has 0 saturated heterocycles. The number of thiophene rings is 1. The van der Waals surface area contributed by atoms with E-state index in [0.29, 0.717) is 5.92 Å². The third-order valence-electron chi connectivity index (χ3n) is 5.26. The molecule has 3 heterocycles. The SMILES string of the molecule is CN1Cc2cc(-c3cncnc3)ccc2C(c2ccc3cc(Cl)sc3c2)C1. The third kappa shape index (κ3) is 3.14. The van der Waals surface area contributed by atoms with Crippen LogP contribution in [0.2, 0.25) is 4.34 Å². The van der Waals surface area contributed by atoms with E-state index in [1.54, 1.807) is 17.7 Å². The van der Waals surface area contributed by atoms with Crippen molar-refractivity contribution < 1.29 is 0 Å². The van der Waals surface area contributed by atoms with Crippen LogP contribution in [-0.2, 0) is 6.54 Å². The van der Waals surface area contributed by atoms with Crippen molar-refractivity contribution in [3.05, 3.63) is 82.2 Å². The zero-order valence-electron chi connectivity index (χ0n) is 14.9. The molecule has 5 heteroatoms. The van der Waals surface area contributed by atoms with Gasteiger partial charge in [-0.05, 0) is 52.9 Å². The van der Waals surface area contributed by atoms with Crippen LogP contribution in [0.15, 0.2) is 61.2 Å². The molecule has 1 aliphatic heterocycles. The molecular weight excluding hydrogens is 374 g/mol. The van der Waals surface area contributed by atoms with Crippen LogP contribution in [-0.4, -0.2) is 28.5 Å². The summed E-state index contributed by atoms with van der Waals surface area (Å²) in [5, 5.41) is 1.22. The Bertz CT molecular complexity index is 1120. The van der Waals surface area contributed by atoms with Crippen LogP contribution in [0.5, 0.6) is 0 Å². The molecule has 0 amide bonds. The summed E-state index contributed by atoms with van der Waals surface area (Å²) in [4.78, 5) is 10.7. The van der Waals surface area contributed by atoms with Crippen molar-refractivity contribution in [1.29, 1.82) is 0 Å². The van der Waals surface area contributed by atoms with Gasteiger partial charge in [0.1, 0.15) is 6.33 Å². The van der Waals surface area contributed by atoms with Gasteiger partial charge in [0.15, 0.2) is 0 Å². The zero-order valence-corrected chi connectivity index (χ0v) is 16.5. The molecule has 0 fully saturated rings. The fourth-order valence-corrected chi connectivity index (χ4v) is 5.20. The highest BCUT2D eigenvalue weighted by Crippen LogP contribution is 2.38. The Morgan fingerprint density at radius 1 is 1.04 bits per heavy atom. The second-order valence-electron chi connectivity index (χ2n) is 7.14. The highest BCUT2D eigenvalue weighted by atomic mass is 35.5. The monoisotopic (exact) mass is 391 g/mol. The third-order valence-corrected chi connectivity index (χ3v) is 6.49. The molecule has 0 N–H and O–H groups in total. The summed E-state index contributed by atoms with van der Waals surface area (Å²) in [7, 11) is 2.19. The molecule has 0 spiro atoms. The van der Waals surface area contributed by atoms with E-state index in [1.165, 1.54) is 32.3 Å². The van der Waals surface area contributed by atoms with Gasteiger partial charge in [0.05, 0.1) is 4.34 Å². The predicted octanol–water partition coefficient (Wildman–Crippen LogP) is 5.59. The molecule has 0 aliphatic carbocycles. The molecule has 0 saturated carbocycles. The number of aromatic nitrogens is 2. The Morgan fingerprint density at radius 3 is 2.74 bits per heavy atom. The highest BCUT2D eigenvalue weighted by molar-refractivity contribution is 7.22. The Hall–Kier alpha value is -2.27. The molecule has 5 rings (SSSR count). The van der Waals surface area contributed by atoms with E-state index < -0.39 is 0 Å². The van der Waals surface area contributed by atoms with Gasteiger partial charge < -0.3 is 4.90 Å². The van der Waals surface area contributed by atoms with Gasteiger partial charge >= 0.3 is 0 Å².